The number of carbonyl (C=O) groups excluding carboxylic acids is 2. The maximum atomic E-state index is 13.6. The molecule has 3 aromatic rings. The second-order valence-corrected chi connectivity index (χ2v) is 6.50. The van der Waals surface area contributed by atoms with Crippen LogP contribution in [0.1, 0.15) is 31.8 Å². The van der Waals surface area contributed by atoms with Crippen LogP contribution in [0.4, 0.5) is 10.1 Å². The maximum Gasteiger partial charge on any atom is 0.255 e. The lowest BCUT2D eigenvalue weighted by molar-refractivity contribution is 0.0954. The standard InChI is InChI=1S/C23H21FN2O2/c1-16-9-11-20(12-10-16)26-23(28)19-7-4-6-18(15-19)22(27)25-14-13-17-5-2-3-8-21(17)24/h2-12,15H,13-14H2,1H3,(H,25,27)(H,26,28). The Labute approximate surface area is 163 Å². The van der Waals surface area contributed by atoms with E-state index in [9.17, 15) is 14.0 Å². The second-order valence-electron chi connectivity index (χ2n) is 6.50. The van der Waals surface area contributed by atoms with Gasteiger partial charge in [0, 0.05) is 23.4 Å². The minimum atomic E-state index is -0.304. The zero-order chi connectivity index (χ0) is 19.9. The fourth-order valence-corrected chi connectivity index (χ4v) is 2.76. The van der Waals surface area contributed by atoms with E-state index < -0.39 is 0 Å². The van der Waals surface area contributed by atoms with Gasteiger partial charge in [-0.05, 0) is 55.3 Å². The van der Waals surface area contributed by atoms with E-state index in [0.29, 0.717) is 35.3 Å². The molecule has 142 valence electrons. The van der Waals surface area contributed by atoms with E-state index in [1.54, 1.807) is 42.5 Å². The highest BCUT2D eigenvalue weighted by Gasteiger charge is 2.11. The number of hydrogen-bond donors (Lipinski definition) is 2. The van der Waals surface area contributed by atoms with Crippen molar-refractivity contribution in [3.8, 4) is 0 Å². The van der Waals surface area contributed by atoms with Crippen LogP contribution < -0.4 is 10.6 Å². The van der Waals surface area contributed by atoms with Crippen molar-refractivity contribution in [2.45, 2.75) is 13.3 Å². The quantitative estimate of drug-likeness (QED) is 0.672. The van der Waals surface area contributed by atoms with E-state index in [1.807, 2.05) is 31.2 Å². The third-order valence-corrected chi connectivity index (χ3v) is 4.33. The molecule has 28 heavy (non-hydrogen) atoms. The molecule has 0 saturated carbocycles. The molecule has 4 nitrogen and oxygen atoms in total. The van der Waals surface area contributed by atoms with Gasteiger partial charge < -0.3 is 10.6 Å². The maximum absolute atomic E-state index is 13.6. The predicted molar refractivity (Wildman–Crippen MR) is 108 cm³/mol. The monoisotopic (exact) mass is 376 g/mol. The molecule has 0 aliphatic rings. The highest BCUT2D eigenvalue weighted by Crippen LogP contribution is 2.12. The van der Waals surface area contributed by atoms with Crippen LogP contribution in [0.3, 0.4) is 0 Å². The largest absolute Gasteiger partial charge is 0.352 e. The Balaban J connectivity index is 1.60. The van der Waals surface area contributed by atoms with Crippen LogP contribution in [0.5, 0.6) is 0 Å². The highest BCUT2D eigenvalue weighted by molar-refractivity contribution is 6.06. The fraction of sp³-hybridized carbons (Fsp3) is 0.130. The van der Waals surface area contributed by atoms with Crippen molar-refractivity contribution in [1.29, 1.82) is 0 Å². The van der Waals surface area contributed by atoms with Gasteiger partial charge in [-0.15, -0.1) is 0 Å². The Morgan fingerprint density at radius 1 is 0.857 bits per heavy atom. The van der Waals surface area contributed by atoms with Gasteiger partial charge in [-0.25, -0.2) is 4.39 Å². The Hall–Kier alpha value is -3.47. The van der Waals surface area contributed by atoms with Gasteiger partial charge in [-0.2, -0.15) is 0 Å². The minimum Gasteiger partial charge on any atom is -0.352 e. The van der Waals surface area contributed by atoms with Crippen LogP contribution in [-0.4, -0.2) is 18.4 Å². The third-order valence-electron chi connectivity index (χ3n) is 4.33. The number of amides is 2. The van der Waals surface area contributed by atoms with Crippen molar-refractivity contribution in [3.63, 3.8) is 0 Å². The van der Waals surface area contributed by atoms with Gasteiger partial charge >= 0.3 is 0 Å². The molecule has 5 heteroatoms. The number of hydrogen-bond acceptors (Lipinski definition) is 2. The Bertz CT molecular complexity index is 984. The van der Waals surface area contributed by atoms with Crippen LogP contribution in [0, 0.1) is 12.7 Å². The summed E-state index contributed by atoms with van der Waals surface area (Å²) < 4.78 is 13.6. The van der Waals surface area contributed by atoms with Crippen LogP contribution in [-0.2, 0) is 6.42 Å². The van der Waals surface area contributed by atoms with Crippen molar-refractivity contribution in [1.82, 2.24) is 5.32 Å². The number of anilines is 1. The highest BCUT2D eigenvalue weighted by atomic mass is 19.1. The summed E-state index contributed by atoms with van der Waals surface area (Å²) in [6.45, 7) is 2.28. The first-order valence-corrected chi connectivity index (χ1v) is 9.02. The van der Waals surface area contributed by atoms with Crippen molar-refractivity contribution >= 4 is 17.5 Å². The van der Waals surface area contributed by atoms with E-state index in [2.05, 4.69) is 10.6 Å². The summed E-state index contributed by atoms with van der Waals surface area (Å²) in [5.74, 6) is -0.877. The van der Waals surface area contributed by atoms with Crippen molar-refractivity contribution in [2.75, 3.05) is 11.9 Å². The fourth-order valence-electron chi connectivity index (χ4n) is 2.76. The molecule has 0 spiro atoms. The van der Waals surface area contributed by atoms with Gasteiger partial charge in [-0.3, -0.25) is 9.59 Å². The Morgan fingerprint density at radius 3 is 2.25 bits per heavy atom. The molecular weight excluding hydrogens is 355 g/mol. The lowest BCUT2D eigenvalue weighted by Crippen LogP contribution is -2.26. The topological polar surface area (TPSA) is 58.2 Å². The molecule has 3 rings (SSSR count). The molecule has 0 radical (unpaired) electrons. The molecular formula is C23H21FN2O2. The van der Waals surface area contributed by atoms with Crippen molar-refractivity contribution in [3.05, 3.63) is 101 Å². The van der Waals surface area contributed by atoms with Crippen LogP contribution in [0.2, 0.25) is 0 Å². The lowest BCUT2D eigenvalue weighted by atomic mass is 10.1. The molecule has 0 saturated heterocycles. The van der Waals surface area contributed by atoms with Crippen molar-refractivity contribution < 1.29 is 14.0 Å². The number of benzene rings is 3. The third kappa shape index (κ3) is 5.04. The summed E-state index contributed by atoms with van der Waals surface area (Å²) >= 11 is 0. The molecule has 3 aromatic carbocycles. The van der Waals surface area contributed by atoms with E-state index in [4.69, 9.17) is 0 Å². The molecule has 0 aliphatic carbocycles. The first kappa shape index (κ1) is 19.3. The molecule has 0 fully saturated rings. The molecule has 0 bridgehead atoms. The number of aryl methyl sites for hydroxylation is 1. The first-order chi connectivity index (χ1) is 13.5. The normalized spacial score (nSPS) is 10.4. The smallest absolute Gasteiger partial charge is 0.255 e. The summed E-state index contributed by atoms with van der Waals surface area (Å²) in [5, 5.41) is 5.57. The van der Waals surface area contributed by atoms with Gasteiger partial charge in [0.2, 0.25) is 0 Å². The van der Waals surface area contributed by atoms with E-state index in [-0.39, 0.29) is 17.6 Å². The van der Waals surface area contributed by atoms with Crippen LogP contribution in [0.25, 0.3) is 0 Å². The summed E-state index contributed by atoms with van der Waals surface area (Å²) in [4.78, 5) is 24.8. The number of carbonyl (C=O) groups is 2. The molecule has 0 aliphatic heterocycles. The molecule has 2 amide bonds. The number of nitrogens with one attached hydrogen (secondary N) is 2. The van der Waals surface area contributed by atoms with Crippen molar-refractivity contribution in [2.24, 2.45) is 0 Å². The average molecular weight is 376 g/mol. The summed E-state index contributed by atoms with van der Waals surface area (Å²) in [6, 6.07) is 20.5. The zero-order valence-electron chi connectivity index (χ0n) is 15.5. The van der Waals surface area contributed by atoms with Gasteiger partial charge in [0.25, 0.3) is 11.8 Å². The second kappa shape index (κ2) is 8.95. The van der Waals surface area contributed by atoms with E-state index in [0.717, 1.165) is 5.56 Å². The van der Waals surface area contributed by atoms with Gasteiger partial charge in [-0.1, -0.05) is 42.0 Å². The SMILES string of the molecule is Cc1ccc(NC(=O)c2cccc(C(=O)NCCc3ccccc3F)c2)cc1. The van der Waals surface area contributed by atoms with Gasteiger partial charge in [0.1, 0.15) is 5.82 Å². The molecule has 0 aromatic heterocycles. The summed E-state index contributed by atoms with van der Waals surface area (Å²) in [5.41, 5.74) is 3.11. The number of rotatable bonds is 6. The first-order valence-electron chi connectivity index (χ1n) is 9.02. The van der Waals surface area contributed by atoms with Crippen LogP contribution >= 0.6 is 0 Å². The molecule has 0 atom stereocenters. The van der Waals surface area contributed by atoms with Crippen LogP contribution in [0.15, 0.2) is 72.8 Å². The average Bonchev–Trinajstić information content (AvgIpc) is 2.71. The molecule has 2 N–H and O–H groups in total. The van der Waals surface area contributed by atoms with Gasteiger partial charge in [0.05, 0.1) is 0 Å². The Kier molecular flexibility index (Phi) is 6.17. The van der Waals surface area contributed by atoms with Gasteiger partial charge in [0.15, 0.2) is 0 Å². The predicted octanol–water partition coefficient (Wildman–Crippen LogP) is 4.36. The number of halogens is 1. The summed E-state index contributed by atoms with van der Waals surface area (Å²) in [6.07, 6.45) is 0.395. The van der Waals surface area contributed by atoms with E-state index >= 15 is 0 Å². The Morgan fingerprint density at radius 2 is 1.54 bits per heavy atom. The van der Waals surface area contributed by atoms with E-state index in [1.165, 1.54) is 6.07 Å². The zero-order valence-corrected chi connectivity index (χ0v) is 15.5. The minimum absolute atomic E-state index is 0.286. The summed E-state index contributed by atoms with van der Waals surface area (Å²) in [7, 11) is 0. The molecule has 0 unspecified atom stereocenters. The lowest BCUT2D eigenvalue weighted by Gasteiger charge is -2.09. The molecule has 0 heterocycles.